The van der Waals surface area contributed by atoms with Gasteiger partial charge in [-0.25, -0.2) is 18.1 Å². The average molecular weight is 532 g/mol. The van der Waals surface area contributed by atoms with E-state index < -0.39 is 10.0 Å². The number of guanidine groups is 1. The van der Waals surface area contributed by atoms with Crippen molar-refractivity contribution in [2.75, 3.05) is 26.0 Å². The Hall–Kier alpha value is -1.85. The summed E-state index contributed by atoms with van der Waals surface area (Å²) in [7, 11) is -1.75. The topological polar surface area (TPSA) is 91.8 Å². The first-order chi connectivity index (χ1) is 13.5. The molecule has 9 heteroatoms. The van der Waals surface area contributed by atoms with Crippen molar-refractivity contribution in [3.63, 3.8) is 0 Å². The van der Waals surface area contributed by atoms with Gasteiger partial charge in [0, 0.05) is 19.6 Å². The summed E-state index contributed by atoms with van der Waals surface area (Å²) in [4.78, 5) is 4.50. The summed E-state index contributed by atoms with van der Waals surface area (Å²) in [5.74, 6) is 1.31. The number of sulfonamides is 1. The highest BCUT2D eigenvalue weighted by Gasteiger charge is 2.10. The highest BCUT2D eigenvalue weighted by Crippen LogP contribution is 2.13. The Kier molecular flexibility index (Phi) is 11.6. The van der Waals surface area contributed by atoms with Gasteiger partial charge in [0.1, 0.15) is 5.75 Å². The molecule has 2 aromatic rings. The molecule has 0 aliphatic carbocycles. The lowest BCUT2D eigenvalue weighted by Crippen LogP contribution is -2.41. The zero-order valence-electron chi connectivity index (χ0n) is 16.7. The Balaban J connectivity index is 0.00000420. The van der Waals surface area contributed by atoms with Crippen LogP contribution in [0.1, 0.15) is 18.1 Å². The van der Waals surface area contributed by atoms with E-state index in [1.807, 2.05) is 61.5 Å². The van der Waals surface area contributed by atoms with Crippen LogP contribution >= 0.6 is 24.0 Å². The second-order valence-electron chi connectivity index (χ2n) is 6.10. The van der Waals surface area contributed by atoms with Gasteiger partial charge in [-0.2, -0.15) is 0 Å². The minimum Gasteiger partial charge on any atom is -0.497 e. The van der Waals surface area contributed by atoms with Gasteiger partial charge in [0.15, 0.2) is 5.96 Å². The molecular formula is C20H29IN4O3S. The maximum atomic E-state index is 12.2. The average Bonchev–Trinajstić information content (AvgIpc) is 2.71. The lowest BCUT2D eigenvalue weighted by atomic mass is 10.2. The van der Waals surface area contributed by atoms with Gasteiger partial charge < -0.3 is 15.4 Å². The number of hydrogen-bond acceptors (Lipinski definition) is 4. The molecule has 0 unspecified atom stereocenters. The number of aliphatic imine (C=N–C) groups is 1. The van der Waals surface area contributed by atoms with E-state index in [9.17, 15) is 8.42 Å². The van der Waals surface area contributed by atoms with E-state index in [4.69, 9.17) is 4.74 Å². The maximum absolute atomic E-state index is 12.2. The molecule has 0 aromatic heterocycles. The Bertz CT molecular complexity index is 861. The van der Waals surface area contributed by atoms with Gasteiger partial charge in [-0.3, -0.25) is 0 Å². The third-order valence-electron chi connectivity index (χ3n) is 3.90. The SMILES string of the molecule is CCNC(=NCc1cccc(OC)c1)NCCS(=O)(=O)NCc1ccccc1.I. The van der Waals surface area contributed by atoms with Crippen LogP contribution in [0, 0.1) is 0 Å². The quantitative estimate of drug-likeness (QED) is 0.249. The molecule has 0 aliphatic heterocycles. The standard InChI is InChI=1S/C20H28N4O3S.HI/c1-3-21-20(23-15-18-10-7-11-19(14-18)27-2)22-12-13-28(25,26)24-16-17-8-5-4-6-9-17;/h4-11,14,24H,3,12-13,15-16H2,1-2H3,(H2,21,22,23);1H. The van der Waals surface area contributed by atoms with E-state index in [1.54, 1.807) is 7.11 Å². The normalized spacial score (nSPS) is 11.4. The van der Waals surface area contributed by atoms with E-state index in [0.29, 0.717) is 19.0 Å². The largest absolute Gasteiger partial charge is 0.497 e. The van der Waals surface area contributed by atoms with Crippen LogP contribution < -0.4 is 20.1 Å². The van der Waals surface area contributed by atoms with Crippen molar-refractivity contribution in [3.8, 4) is 5.75 Å². The lowest BCUT2D eigenvalue weighted by Gasteiger charge is -2.12. The molecule has 0 amide bonds. The number of nitrogens with zero attached hydrogens (tertiary/aromatic N) is 1. The first-order valence-corrected chi connectivity index (χ1v) is 10.8. The minimum absolute atomic E-state index is 0. The van der Waals surface area contributed by atoms with Crippen LogP contribution in [-0.2, 0) is 23.1 Å². The fourth-order valence-electron chi connectivity index (χ4n) is 2.45. The number of halogens is 1. The van der Waals surface area contributed by atoms with Crippen molar-refractivity contribution < 1.29 is 13.2 Å². The van der Waals surface area contributed by atoms with Crippen molar-refractivity contribution in [2.45, 2.75) is 20.0 Å². The van der Waals surface area contributed by atoms with Crippen LogP contribution in [0.2, 0.25) is 0 Å². The summed E-state index contributed by atoms with van der Waals surface area (Å²) in [6.07, 6.45) is 0. The summed E-state index contributed by atoms with van der Waals surface area (Å²) in [5, 5.41) is 6.18. The molecule has 160 valence electrons. The molecule has 0 heterocycles. The molecule has 0 saturated heterocycles. The van der Waals surface area contributed by atoms with Gasteiger partial charge in [0.2, 0.25) is 10.0 Å². The monoisotopic (exact) mass is 532 g/mol. The molecule has 29 heavy (non-hydrogen) atoms. The molecular weight excluding hydrogens is 503 g/mol. The number of nitrogens with one attached hydrogen (secondary N) is 3. The summed E-state index contributed by atoms with van der Waals surface area (Å²) < 4.78 is 32.2. The molecule has 7 nitrogen and oxygen atoms in total. The molecule has 0 fully saturated rings. The first kappa shape index (κ1) is 25.2. The van der Waals surface area contributed by atoms with E-state index >= 15 is 0 Å². The fourth-order valence-corrected chi connectivity index (χ4v) is 3.35. The van der Waals surface area contributed by atoms with Gasteiger partial charge in [0.25, 0.3) is 0 Å². The van der Waals surface area contributed by atoms with E-state index in [2.05, 4.69) is 20.3 Å². The highest BCUT2D eigenvalue weighted by atomic mass is 127. The molecule has 3 N–H and O–H groups in total. The van der Waals surface area contributed by atoms with Gasteiger partial charge >= 0.3 is 0 Å². The molecule has 0 aliphatic rings. The zero-order chi connectivity index (χ0) is 20.2. The predicted molar refractivity (Wildman–Crippen MR) is 128 cm³/mol. The van der Waals surface area contributed by atoms with Crippen LogP contribution in [0.25, 0.3) is 0 Å². The number of ether oxygens (including phenoxy) is 1. The molecule has 2 aromatic carbocycles. The Morgan fingerprint density at radius 3 is 2.45 bits per heavy atom. The third-order valence-corrected chi connectivity index (χ3v) is 5.23. The molecule has 0 atom stereocenters. The first-order valence-electron chi connectivity index (χ1n) is 9.19. The minimum atomic E-state index is -3.38. The summed E-state index contributed by atoms with van der Waals surface area (Å²) >= 11 is 0. The van der Waals surface area contributed by atoms with Crippen molar-refractivity contribution >= 4 is 40.0 Å². The van der Waals surface area contributed by atoms with Gasteiger partial charge in [0.05, 0.1) is 19.4 Å². The highest BCUT2D eigenvalue weighted by molar-refractivity contribution is 14.0. The fraction of sp³-hybridized carbons (Fsp3) is 0.350. The van der Waals surface area contributed by atoms with Gasteiger partial charge in [-0.05, 0) is 30.2 Å². The van der Waals surface area contributed by atoms with Gasteiger partial charge in [-0.1, -0.05) is 42.5 Å². The predicted octanol–water partition coefficient (Wildman–Crippen LogP) is 2.49. The van der Waals surface area contributed by atoms with E-state index in [0.717, 1.165) is 16.9 Å². The lowest BCUT2D eigenvalue weighted by molar-refractivity contribution is 0.414. The molecule has 0 radical (unpaired) electrons. The van der Waals surface area contributed by atoms with Crippen LogP contribution in [0.15, 0.2) is 59.6 Å². The van der Waals surface area contributed by atoms with E-state index in [1.165, 1.54) is 0 Å². The van der Waals surface area contributed by atoms with Crippen LogP contribution in [0.5, 0.6) is 5.75 Å². The number of benzene rings is 2. The Morgan fingerprint density at radius 2 is 1.76 bits per heavy atom. The molecule has 0 saturated carbocycles. The van der Waals surface area contributed by atoms with Gasteiger partial charge in [-0.15, -0.1) is 24.0 Å². The molecule has 0 spiro atoms. The molecule has 0 bridgehead atoms. The van der Waals surface area contributed by atoms with Crippen molar-refractivity contribution in [3.05, 3.63) is 65.7 Å². The second kappa shape index (κ2) is 13.4. The van der Waals surface area contributed by atoms with E-state index in [-0.39, 0.29) is 42.8 Å². The Labute approximate surface area is 190 Å². The second-order valence-corrected chi connectivity index (χ2v) is 8.03. The maximum Gasteiger partial charge on any atom is 0.213 e. The number of methoxy groups -OCH3 is 1. The smallest absolute Gasteiger partial charge is 0.213 e. The Morgan fingerprint density at radius 1 is 1.03 bits per heavy atom. The zero-order valence-corrected chi connectivity index (χ0v) is 19.9. The van der Waals surface area contributed by atoms with Crippen molar-refractivity contribution in [1.82, 2.24) is 15.4 Å². The summed E-state index contributed by atoms with van der Waals surface area (Å²) in [5.41, 5.74) is 1.93. The molecule has 2 rings (SSSR count). The summed E-state index contributed by atoms with van der Waals surface area (Å²) in [6, 6.07) is 17.1. The number of rotatable bonds is 10. The summed E-state index contributed by atoms with van der Waals surface area (Å²) in [6.45, 7) is 3.65. The third kappa shape index (κ3) is 9.95. The van der Waals surface area contributed by atoms with Crippen molar-refractivity contribution in [1.29, 1.82) is 0 Å². The van der Waals surface area contributed by atoms with Crippen LogP contribution in [-0.4, -0.2) is 40.3 Å². The van der Waals surface area contributed by atoms with Crippen molar-refractivity contribution in [2.24, 2.45) is 4.99 Å². The number of hydrogen-bond donors (Lipinski definition) is 3. The van der Waals surface area contributed by atoms with Crippen LogP contribution in [0.4, 0.5) is 0 Å². The van der Waals surface area contributed by atoms with Crippen LogP contribution in [0.3, 0.4) is 0 Å².